The van der Waals surface area contributed by atoms with Crippen LogP contribution in [0.15, 0.2) is 0 Å². The van der Waals surface area contributed by atoms with Gasteiger partial charge in [-0.15, -0.1) is 0 Å². The van der Waals surface area contributed by atoms with Gasteiger partial charge in [-0.25, -0.2) is 0 Å². The monoisotopic (exact) mass is 323 g/mol. The Morgan fingerprint density at radius 1 is 1.30 bits per heavy atom. The van der Waals surface area contributed by atoms with Crippen LogP contribution < -0.4 is 10.6 Å². The van der Waals surface area contributed by atoms with E-state index in [0.29, 0.717) is 19.1 Å². The van der Waals surface area contributed by atoms with Crippen molar-refractivity contribution in [2.75, 3.05) is 13.1 Å². The van der Waals surface area contributed by atoms with E-state index in [1.54, 1.807) is 7.05 Å². The van der Waals surface area contributed by atoms with Gasteiger partial charge in [-0.3, -0.25) is 19.6 Å². The molecule has 1 aromatic rings. The third kappa shape index (κ3) is 4.51. The highest BCUT2D eigenvalue weighted by molar-refractivity contribution is 5.96. The number of nitrogens with zero attached hydrogens (tertiary/aromatic N) is 3. The molecule has 1 heterocycles. The number of rotatable bonds is 6. The van der Waals surface area contributed by atoms with Crippen LogP contribution in [0.2, 0.25) is 0 Å². The Balaban J connectivity index is 1.84. The molecule has 0 radical (unpaired) electrons. The maximum Gasteiger partial charge on any atom is 0.322 e. The number of amides is 1. The summed E-state index contributed by atoms with van der Waals surface area (Å²) in [5.74, 6) is -0.456. The van der Waals surface area contributed by atoms with Crippen LogP contribution in [0.5, 0.6) is 0 Å². The summed E-state index contributed by atoms with van der Waals surface area (Å²) in [4.78, 5) is 22.7. The molecule has 1 saturated carbocycles. The van der Waals surface area contributed by atoms with Gasteiger partial charge < -0.3 is 10.6 Å². The summed E-state index contributed by atoms with van der Waals surface area (Å²) >= 11 is 0. The second kappa shape index (κ2) is 8.05. The molecule has 0 aromatic carbocycles. The summed E-state index contributed by atoms with van der Waals surface area (Å²) in [7, 11) is 1.54. The molecule has 1 fully saturated rings. The average Bonchev–Trinajstić information content (AvgIpc) is 2.67. The highest BCUT2D eigenvalue weighted by Crippen LogP contribution is 2.21. The van der Waals surface area contributed by atoms with Crippen LogP contribution in [0.4, 0.5) is 5.69 Å². The highest BCUT2D eigenvalue weighted by Gasteiger charge is 2.28. The van der Waals surface area contributed by atoms with Gasteiger partial charge in [0, 0.05) is 26.2 Å². The minimum Gasteiger partial charge on any atom is -0.349 e. The van der Waals surface area contributed by atoms with Crippen molar-refractivity contribution >= 4 is 11.6 Å². The summed E-state index contributed by atoms with van der Waals surface area (Å²) in [5.41, 5.74) is 0.0305. The predicted molar refractivity (Wildman–Crippen MR) is 86.4 cm³/mol. The molecule has 0 bridgehead atoms. The molecule has 1 aliphatic carbocycles. The van der Waals surface area contributed by atoms with Gasteiger partial charge in [0.05, 0.1) is 4.92 Å². The van der Waals surface area contributed by atoms with Crippen LogP contribution in [-0.2, 0) is 7.05 Å². The molecule has 8 nitrogen and oxygen atoms in total. The zero-order valence-electron chi connectivity index (χ0n) is 13.8. The highest BCUT2D eigenvalue weighted by atomic mass is 16.6. The van der Waals surface area contributed by atoms with E-state index >= 15 is 0 Å². The molecule has 8 heteroatoms. The third-order valence-corrected chi connectivity index (χ3v) is 4.29. The minimum atomic E-state index is -0.555. The quantitative estimate of drug-likeness (QED) is 0.359. The molecule has 1 amide bonds. The largest absolute Gasteiger partial charge is 0.349 e. The molecular weight excluding hydrogens is 298 g/mol. The molecule has 1 aromatic heterocycles. The Kier molecular flexibility index (Phi) is 6.09. The number of nitro groups is 1. The van der Waals surface area contributed by atoms with Gasteiger partial charge in [-0.05, 0) is 19.8 Å². The Morgan fingerprint density at radius 2 is 1.96 bits per heavy atom. The van der Waals surface area contributed by atoms with Crippen molar-refractivity contribution in [2.24, 2.45) is 7.05 Å². The van der Waals surface area contributed by atoms with E-state index < -0.39 is 10.8 Å². The normalized spacial score (nSPS) is 16.1. The molecule has 128 valence electrons. The van der Waals surface area contributed by atoms with E-state index in [1.807, 2.05) is 0 Å². The van der Waals surface area contributed by atoms with Gasteiger partial charge in [0.1, 0.15) is 5.69 Å². The first-order valence-corrected chi connectivity index (χ1v) is 8.20. The molecule has 0 atom stereocenters. The Bertz CT molecular complexity index is 562. The van der Waals surface area contributed by atoms with Crippen LogP contribution >= 0.6 is 0 Å². The second-order valence-corrected chi connectivity index (χ2v) is 6.06. The smallest absolute Gasteiger partial charge is 0.322 e. The van der Waals surface area contributed by atoms with Crippen molar-refractivity contribution in [1.29, 1.82) is 0 Å². The average molecular weight is 323 g/mol. The standard InChI is InChI=1S/C15H25N5O3/c1-11-13(20(22)23)14(19(2)18-11)15(21)17-10-9-16-12-7-5-3-4-6-8-12/h12,16H,3-10H2,1-2H3,(H,17,21). The van der Waals surface area contributed by atoms with E-state index in [9.17, 15) is 14.9 Å². The Morgan fingerprint density at radius 3 is 2.57 bits per heavy atom. The van der Waals surface area contributed by atoms with Crippen LogP contribution in [0.3, 0.4) is 0 Å². The lowest BCUT2D eigenvalue weighted by atomic mass is 10.1. The van der Waals surface area contributed by atoms with Crippen molar-refractivity contribution in [3.05, 3.63) is 21.5 Å². The maximum atomic E-state index is 12.2. The Labute approximate surface area is 135 Å². The fourth-order valence-electron chi connectivity index (χ4n) is 3.14. The zero-order valence-corrected chi connectivity index (χ0v) is 13.8. The van der Waals surface area contributed by atoms with Crippen LogP contribution in [0.25, 0.3) is 0 Å². The molecule has 2 rings (SSSR count). The fourth-order valence-corrected chi connectivity index (χ4v) is 3.14. The predicted octanol–water partition coefficient (Wildman–Crippen LogP) is 1.68. The summed E-state index contributed by atoms with van der Waals surface area (Å²) in [6.45, 7) is 2.64. The summed E-state index contributed by atoms with van der Waals surface area (Å²) in [6, 6.07) is 0.516. The number of carbonyl (C=O) groups is 1. The van der Waals surface area contributed by atoms with Crippen LogP contribution in [0, 0.1) is 17.0 Å². The number of carbonyl (C=O) groups excluding carboxylic acids is 1. The molecule has 0 saturated heterocycles. The van der Waals surface area contributed by atoms with E-state index in [2.05, 4.69) is 15.7 Å². The summed E-state index contributed by atoms with van der Waals surface area (Å²) in [6.07, 6.45) is 7.48. The summed E-state index contributed by atoms with van der Waals surface area (Å²) < 4.78 is 1.27. The van der Waals surface area contributed by atoms with Crippen molar-refractivity contribution < 1.29 is 9.72 Å². The van der Waals surface area contributed by atoms with Crippen LogP contribution in [-0.4, -0.2) is 39.7 Å². The number of nitrogens with one attached hydrogen (secondary N) is 2. The van der Waals surface area contributed by atoms with Gasteiger partial charge in [0.25, 0.3) is 5.91 Å². The summed E-state index contributed by atoms with van der Waals surface area (Å²) in [5, 5.41) is 21.2. The van der Waals surface area contributed by atoms with Crippen molar-refractivity contribution in [2.45, 2.75) is 51.5 Å². The number of aromatic nitrogens is 2. The van der Waals surface area contributed by atoms with Crippen molar-refractivity contribution in [1.82, 2.24) is 20.4 Å². The van der Waals surface area contributed by atoms with E-state index in [0.717, 1.165) is 0 Å². The topological polar surface area (TPSA) is 102 Å². The Hall–Kier alpha value is -1.96. The SMILES string of the molecule is Cc1nn(C)c(C(=O)NCCNC2CCCCCC2)c1[N+](=O)[O-]. The number of hydrogen-bond acceptors (Lipinski definition) is 5. The van der Waals surface area contributed by atoms with Crippen molar-refractivity contribution in [3.8, 4) is 0 Å². The second-order valence-electron chi connectivity index (χ2n) is 6.06. The molecule has 2 N–H and O–H groups in total. The zero-order chi connectivity index (χ0) is 16.8. The lowest BCUT2D eigenvalue weighted by Gasteiger charge is -2.16. The molecular formula is C15H25N5O3. The van der Waals surface area contributed by atoms with Gasteiger partial charge in [-0.2, -0.15) is 5.10 Å². The first-order valence-electron chi connectivity index (χ1n) is 8.20. The first kappa shape index (κ1) is 17.4. The molecule has 0 aliphatic heterocycles. The lowest BCUT2D eigenvalue weighted by molar-refractivity contribution is -0.385. The number of hydrogen-bond donors (Lipinski definition) is 2. The minimum absolute atomic E-state index is 0.00182. The maximum absolute atomic E-state index is 12.2. The molecule has 1 aliphatic rings. The van der Waals surface area contributed by atoms with E-state index in [-0.39, 0.29) is 17.1 Å². The molecule has 23 heavy (non-hydrogen) atoms. The van der Waals surface area contributed by atoms with E-state index in [1.165, 1.54) is 50.1 Å². The molecule has 0 spiro atoms. The van der Waals surface area contributed by atoms with Gasteiger partial charge in [0.15, 0.2) is 0 Å². The molecule has 0 unspecified atom stereocenters. The van der Waals surface area contributed by atoms with Crippen molar-refractivity contribution in [3.63, 3.8) is 0 Å². The van der Waals surface area contributed by atoms with Gasteiger partial charge in [0.2, 0.25) is 5.69 Å². The fraction of sp³-hybridized carbons (Fsp3) is 0.733. The first-order chi connectivity index (χ1) is 11.0. The lowest BCUT2D eigenvalue weighted by Crippen LogP contribution is -2.37. The van der Waals surface area contributed by atoms with Gasteiger partial charge in [-0.1, -0.05) is 25.7 Å². The van der Waals surface area contributed by atoms with E-state index in [4.69, 9.17) is 0 Å². The third-order valence-electron chi connectivity index (χ3n) is 4.29. The van der Waals surface area contributed by atoms with Crippen LogP contribution in [0.1, 0.15) is 54.7 Å². The number of aryl methyl sites for hydroxylation is 2. The van der Waals surface area contributed by atoms with Gasteiger partial charge >= 0.3 is 5.69 Å².